The van der Waals surface area contributed by atoms with Gasteiger partial charge in [-0.05, 0) is 59.7 Å². The Hall–Kier alpha value is -3.61. The monoisotopic (exact) mass is 448 g/mol. The molecule has 0 amide bonds. The molecule has 0 unspecified atom stereocenters. The van der Waals surface area contributed by atoms with Gasteiger partial charge in [0.15, 0.2) is 0 Å². The molecule has 0 heterocycles. The highest BCUT2D eigenvalue weighted by molar-refractivity contribution is 5.91. The van der Waals surface area contributed by atoms with Crippen molar-refractivity contribution >= 4 is 5.97 Å². The Morgan fingerprint density at radius 3 is 1.88 bits per heavy atom. The van der Waals surface area contributed by atoms with Crippen molar-refractivity contribution in [2.45, 2.75) is 0 Å². The van der Waals surface area contributed by atoms with Crippen LogP contribution >= 0.6 is 0 Å². The lowest BCUT2D eigenvalue weighted by atomic mass is 10.1. The van der Waals surface area contributed by atoms with Crippen molar-refractivity contribution in [2.75, 3.05) is 40.1 Å². The molecule has 3 aromatic carbocycles. The second-order valence-electron chi connectivity index (χ2n) is 7.02. The van der Waals surface area contributed by atoms with Crippen LogP contribution < -0.4 is 14.2 Å². The Morgan fingerprint density at radius 2 is 1.27 bits per heavy atom. The SMILES string of the molecule is C=CCOc1ccc(C(=O)Oc2ccc(-c3ccc(OCCOCCOC)cc3)cc2)cc1. The molecule has 0 fully saturated rings. The number of hydrogen-bond donors (Lipinski definition) is 0. The molecule has 0 atom stereocenters. The van der Waals surface area contributed by atoms with Crippen molar-refractivity contribution in [3.05, 3.63) is 91.0 Å². The van der Waals surface area contributed by atoms with Crippen LogP contribution in [-0.4, -0.2) is 46.1 Å². The van der Waals surface area contributed by atoms with Gasteiger partial charge in [0.05, 0.1) is 25.4 Å². The van der Waals surface area contributed by atoms with Crippen molar-refractivity contribution in [1.82, 2.24) is 0 Å². The third-order valence-corrected chi connectivity index (χ3v) is 4.64. The first kappa shape index (κ1) is 24.0. The number of rotatable bonds is 13. The van der Waals surface area contributed by atoms with Crippen LogP contribution in [0.5, 0.6) is 17.2 Å². The van der Waals surface area contributed by atoms with Crippen molar-refractivity contribution in [1.29, 1.82) is 0 Å². The summed E-state index contributed by atoms with van der Waals surface area (Å²) >= 11 is 0. The normalized spacial score (nSPS) is 10.5. The fourth-order valence-electron chi connectivity index (χ4n) is 2.93. The average molecular weight is 449 g/mol. The summed E-state index contributed by atoms with van der Waals surface area (Å²) < 4.78 is 26.9. The molecule has 3 aromatic rings. The zero-order valence-corrected chi connectivity index (χ0v) is 18.7. The maximum Gasteiger partial charge on any atom is 0.343 e. The Kier molecular flexibility index (Phi) is 9.51. The van der Waals surface area contributed by atoms with Crippen LogP contribution in [0.4, 0.5) is 0 Å². The van der Waals surface area contributed by atoms with Crippen LogP contribution in [-0.2, 0) is 9.47 Å². The molecule has 0 radical (unpaired) electrons. The van der Waals surface area contributed by atoms with E-state index in [2.05, 4.69) is 6.58 Å². The standard InChI is InChI=1S/C27H28O6/c1-3-16-31-24-12-8-23(9-13-24)27(28)33-26-14-6-22(7-15-26)21-4-10-25(11-5-21)32-20-19-30-18-17-29-2/h3-15H,1,16-20H2,2H3. The lowest BCUT2D eigenvalue weighted by Gasteiger charge is -2.09. The number of hydrogen-bond acceptors (Lipinski definition) is 6. The first-order chi connectivity index (χ1) is 16.2. The van der Waals surface area contributed by atoms with E-state index in [0.29, 0.717) is 50.1 Å². The molecule has 172 valence electrons. The van der Waals surface area contributed by atoms with Crippen LogP contribution in [0.1, 0.15) is 10.4 Å². The minimum atomic E-state index is -0.425. The maximum atomic E-state index is 12.4. The number of carbonyl (C=O) groups is 1. The van der Waals surface area contributed by atoms with Crippen molar-refractivity contribution in [3.63, 3.8) is 0 Å². The summed E-state index contributed by atoms with van der Waals surface area (Å²) in [4.78, 5) is 12.4. The average Bonchev–Trinajstić information content (AvgIpc) is 2.86. The van der Waals surface area contributed by atoms with E-state index in [9.17, 15) is 4.79 Å². The molecule has 0 saturated carbocycles. The molecule has 6 heteroatoms. The van der Waals surface area contributed by atoms with E-state index in [1.54, 1.807) is 49.6 Å². The Bertz CT molecular complexity index is 994. The van der Waals surface area contributed by atoms with E-state index in [4.69, 9.17) is 23.7 Å². The molecular weight excluding hydrogens is 420 g/mol. The van der Waals surface area contributed by atoms with Gasteiger partial charge in [-0.2, -0.15) is 0 Å². The summed E-state index contributed by atoms with van der Waals surface area (Å²) in [6.07, 6.45) is 1.66. The van der Waals surface area contributed by atoms with Gasteiger partial charge in [-0.25, -0.2) is 4.79 Å². The van der Waals surface area contributed by atoms with E-state index in [0.717, 1.165) is 16.9 Å². The number of methoxy groups -OCH3 is 1. The van der Waals surface area contributed by atoms with E-state index in [1.807, 2.05) is 36.4 Å². The van der Waals surface area contributed by atoms with Gasteiger partial charge in [0.2, 0.25) is 0 Å². The fourth-order valence-corrected chi connectivity index (χ4v) is 2.93. The molecule has 6 nitrogen and oxygen atoms in total. The maximum absolute atomic E-state index is 12.4. The van der Waals surface area contributed by atoms with Crippen LogP contribution in [0.3, 0.4) is 0 Å². The van der Waals surface area contributed by atoms with Crippen molar-refractivity contribution in [3.8, 4) is 28.4 Å². The zero-order valence-electron chi connectivity index (χ0n) is 18.7. The molecule has 0 aliphatic heterocycles. The van der Waals surface area contributed by atoms with Crippen molar-refractivity contribution < 1.29 is 28.5 Å². The van der Waals surface area contributed by atoms with Gasteiger partial charge >= 0.3 is 5.97 Å². The third-order valence-electron chi connectivity index (χ3n) is 4.64. The summed E-state index contributed by atoms with van der Waals surface area (Å²) in [7, 11) is 1.64. The van der Waals surface area contributed by atoms with Gasteiger partial charge in [0.1, 0.15) is 30.5 Å². The summed E-state index contributed by atoms with van der Waals surface area (Å²) in [5.74, 6) is 1.50. The van der Waals surface area contributed by atoms with Crippen LogP contribution in [0.2, 0.25) is 0 Å². The number of esters is 1. The van der Waals surface area contributed by atoms with Gasteiger partial charge in [-0.1, -0.05) is 36.9 Å². The highest BCUT2D eigenvalue weighted by Gasteiger charge is 2.09. The van der Waals surface area contributed by atoms with Gasteiger partial charge in [-0.3, -0.25) is 0 Å². The third kappa shape index (κ3) is 7.79. The Morgan fingerprint density at radius 1 is 0.727 bits per heavy atom. The minimum Gasteiger partial charge on any atom is -0.491 e. The predicted octanol–water partition coefficient (Wildman–Crippen LogP) is 5.18. The molecule has 0 aliphatic carbocycles. The van der Waals surface area contributed by atoms with Crippen LogP contribution in [0, 0.1) is 0 Å². The molecule has 0 bridgehead atoms. The minimum absolute atomic E-state index is 0.413. The highest BCUT2D eigenvalue weighted by Crippen LogP contribution is 2.25. The summed E-state index contributed by atoms with van der Waals surface area (Å²) in [5.41, 5.74) is 2.49. The van der Waals surface area contributed by atoms with E-state index in [1.165, 1.54) is 0 Å². The number of benzene rings is 3. The quantitative estimate of drug-likeness (QED) is 0.155. The zero-order chi connectivity index (χ0) is 23.3. The molecule has 3 rings (SSSR count). The molecule has 33 heavy (non-hydrogen) atoms. The molecule has 0 spiro atoms. The Labute approximate surface area is 194 Å². The van der Waals surface area contributed by atoms with Gasteiger partial charge in [-0.15, -0.1) is 0 Å². The lowest BCUT2D eigenvalue weighted by Crippen LogP contribution is -2.09. The molecule has 0 N–H and O–H groups in total. The summed E-state index contributed by atoms with van der Waals surface area (Å²) in [6.45, 7) is 6.14. The van der Waals surface area contributed by atoms with Gasteiger partial charge in [0, 0.05) is 7.11 Å². The smallest absolute Gasteiger partial charge is 0.343 e. The van der Waals surface area contributed by atoms with Crippen molar-refractivity contribution in [2.24, 2.45) is 0 Å². The first-order valence-corrected chi connectivity index (χ1v) is 10.7. The van der Waals surface area contributed by atoms with Crippen LogP contribution in [0.25, 0.3) is 11.1 Å². The highest BCUT2D eigenvalue weighted by atomic mass is 16.5. The largest absolute Gasteiger partial charge is 0.491 e. The summed E-state index contributed by atoms with van der Waals surface area (Å²) in [6, 6.07) is 22.0. The van der Waals surface area contributed by atoms with Gasteiger partial charge < -0.3 is 23.7 Å². The van der Waals surface area contributed by atoms with E-state index in [-0.39, 0.29) is 0 Å². The second-order valence-corrected chi connectivity index (χ2v) is 7.02. The topological polar surface area (TPSA) is 63.2 Å². The molecular formula is C27H28O6. The predicted molar refractivity (Wildman–Crippen MR) is 127 cm³/mol. The lowest BCUT2D eigenvalue weighted by molar-refractivity contribution is 0.0544. The Balaban J connectivity index is 1.50. The second kappa shape index (κ2) is 13.1. The summed E-state index contributed by atoms with van der Waals surface area (Å²) in [5, 5.41) is 0. The van der Waals surface area contributed by atoms with E-state index < -0.39 is 5.97 Å². The van der Waals surface area contributed by atoms with E-state index >= 15 is 0 Å². The number of ether oxygens (including phenoxy) is 5. The number of carbonyl (C=O) groups excluding carboxylic acids is 1. The molecule has 0 saturated heterocycles. The molecule has 0 aliphatic rings. The van der Waals surface area contributed by atoms with Crippen LogP contribution in [0.15, 0.2) is 85.5 Å². The first-order valence-electron chi connectivity index (χ1n) is 10.7. The molecule has 0 aromatic heterocycles. The fraction of sp³-hybridized carbons (Fsp3) is 0.222. The van der Waals surface area contributed by atoms with Gasteiger partial charge in [0.25, 0.3) is 0 Å².